The number of anilines is 6. The fourth-order valence-corrected chi connectivity index (χ4v) is 25.9. The zero-order valence-electron chi connectivity index (χ0n) is 65.3. The Morgan fingerprint density at radius 2 is 0.500 bits per heavy atom. The molecule has 102 heavy (non-hydrogen) atoms. The summed E-state index contributed by atoms with van der Waals surface area (Å²) in [5.74, 6) is 0. The highest BCUT2D eigenvalue weighted by Crippen LogP contribution is 2.56. The van der Waals surface area contributed by atoms with E-state index in [1.54, 1.807) is 9.80 Å². The Bertz CT molecular complexity index is 6240. The predicted octanol–water partition coefficient (Wildman–Crippen LogP) is 19.2. The van der Waals surface area contributed by atoms with E-state index in [2.05, 4.69) is 288 Å². The molecule has 19 rings (SSSR count). The van der Waals surface area contributed by atoms with E-state index in [0.717, 1.165) is 76.2 Å². The molecule has 1 aliphatic rings. The van der Waals surface area contributed by atoms with Crippen molar-refractivity contribution in [2.24, 2.45) is 0 Å². The van der Waals surface area contributed by atoms with Gasteiger partial charge in [0.05, 0.1) is 58.5 Å². The molecule has 3 heterocycles. The number of rotatable bonds is 14. The van der Waals surface area contributed by atoms with Crippen LogP contribution in [0.4, 0.5) is 34.1 Å². The number of fused-ring (bicyclic) bond motifs is 8. The lowest BCUT2D eigenvalue weighted by molar-refractivity contribution is 1.12. The van der Waals surface area contributed by atoms with Crippen LogP contribution in [0.2, 0.25) is 0 Å². The number of hydrogen-bond acceptors (Lipinski definition) is 2. The van der Waals surface area contributed by atoms with Crippen LogP contribution in [-0.4, -0.2) is 25.3 Å². The molecule has 480 valence electrons. The topological polar surface area (TPSA) is 16.3 Å². The largest absolute Gasteiger partial charge is 0.309 e. The van der Waals surface area contributed by atoms with Gasteiger partial charge in [0, 0.05) is 44.3 Å². The van der Waals surface area contributed by atoms with Crippen LogP contribution in [0.15, 0.2) is 412 Å². The van der Waals surface area contributed by atoms with E-state index in [0.29, 0.717) is 34.1 Å². The van der Waals surface area contributed by atoms with E-state index in [9.17, 15) is 11.0 Å². The van der Waals surface area contributed by atoms with Gasteiger partial charge < -0.3 is 18.9 Å². The SMILES string of the molecule is [2H]c1c([2H])c([2H])c(N2c3ccc(-n4c5ccccc5c5cc([Si](c6ccccc6)(c6ccccc6)c6cccc(-c7ccccc7)c6)ccc54)cc3N(c3c([2H])c([2H])c([2H])c([2H])c3[2H])c3ccc(-n4c5ccccc5c5cc([Si](c6ccccc6)(c6ccccc6)c6cccc(-c7ccccc7)c6)ccc54)cc32)c([2H])c1[2H]. The molecule has 0 fully saturated rings. The van der Waals surface area contributed by atoms with Crippen LogP contribution in [0.5, 0.6) is 0 Å². The lowest BCUT2D eigenvalue weighted by atomic mass is 10.0. The highest BCUT2D eigenvalue weighted by molar-refractivity contribution is 7.20. The van der Waals surface area contributed by atoms with Crippen LogP contribution in [0, 0.1) is 0 Å². The Kier molecular flexibility index (Phi) is 12.4. The van der Waals surface area contributed by atoms with Crippen LogP contribution in [0.25, 0.3) is 77.2 Å². The van der Waals surface area contributed by atoms with Crippen molar-refractivity contribution in [1.82, 2.24) is 9.13 Å². The monoisotopic (exact) mass is 1340 g/mol. The summed E-state index contributed by atoms with van der Waals surface area (Å²) in [6, 6.07) is 119. The van der Waals surface area contributed by atoms with Gasteiger partial charge in [0.2, 0.25) is 0 Å². The molecule has 0 radical (unpaired) electrons. The van der Waals surface area contributed by atoms with Crippen molar-refractivity contribution in [3.8, 4) is 33.6 Å². The Hall–Kier alpha value is -12.8. The second kappa shape index (κ2) is 25.2. The zero-order valence-corrected chi connectivity index (χ0v) is 57.3. The Balaban J connectivity index is 0.844. The lowest BCUT2D eigenvalue weighted by Crippen LogP contribution is -2.74. The van der Waals surface area contributed by atoms with E-state index >= 15 is 0 Å². The van der Waals surface area contributed by atoms with Crippen molar-refractivity contribution in [3.05, 3.63) is 412 Å². The van der Waals surface area contributed by atoms with Gasteiger partial charge in [-0.25, -0.2) is 0 Å². The number of benzene rings is 16. The summed E-state index contributed by atoms with van der Waals surface area (Å²) >= 11 is 0. The Morgan fingerprint density at radius 3 is 0.873 bits per heavy atom. The van der Waals surface area contributed by atoms with Gasteiger partial charge in [0.25, 0.3) is 0 Å². The van der Waals surface area contributed by atoms with Crippen molar-refractivity contribution < 1.29 is 13.7 Å². The summed E-state index contributed by atoms with van der Waals surface area (Å²) in [7, 11) is -6.40. The molecule has 6 heteroatoms. The number of aromatic nitrogens is 2. The first kappa shape index (κ1) is 50.5. The van der Waals surface area contributed by atoms with Gasteiger partial charge in [0.1, 0.15) is 0 Å². The molecule has 4 nitrogen and oxygen atoms in total. The molecule has 0 spiro atoms. The minimum atomic E-state index is -3.20. The summed E-state index contributed by atoms with van der Waals surface area (Å²) in [5, 5.41) is 13.5. The molecule has 0 atom stereocenters. The number of hydrogen-bond donors (Lipinski definition) is 0. The van der Waals surface area contributed by atoms with Gasteiger partial charge in [-0.2, -0.15) is 0 Å². The molecule has 1 aliphatic heterocycles. The third-order valence-corrected chi connectivity index (χ3v) is 30.2. The average molecular weight is 1340 g/mol. The van der Waals surface area contributed by atoms with Crippen LogP contribution in [0.3, 0.4) is 0 Å². The number of nitrogens with zero attached hydrogens (tertiary/aromatic N) is 4. The third-order valence-electron chi connectivity index (χ3n) is 20.7. The van der Waals surface area contributed by atoms with E-state index < -0.39 is 76.6 Å². The van der Waals surface area contributed by atoms with Gasteiger partial charge in [-0.15, -0.1) is 0 Å². The molecule has 2 aromatic heterocycles. The minimum absolute atomic E-state index is 0.145. The molecule has 16 aromatic carbocycles. The maximum absolute atomic E-state index is 9.89. The smallest absolute Gasteiger partial charge is 0.179 e. The van der Waals surface area contributed by atoms with Gasteiger partial charge >= 0.3 is 0 Å². The summed E-state index contributed by atoms with van der Waals surface area (Å²) in [6.45, 7) is 0. The first-order chi connectivity index (χ1) is 54.7. The van der Waals surface area contributed by atoms with Gasteiger partial charge in [-0.1, -0.05) is 327 Å². The van der Waals surface area contributed by atoms with E-state index in [-0.39, 0.29) is 11.4 Å². The summed E-state index contributed by atoms with van der Waals surface area (Å²) in [6.07, 6.45) is 0. The van der Waals surface area contributed by atoms with Crippen molar-refractivity contribution in [1.29, 1.82) is 0 Å². The van der Waals surface area contributed by atoms with Gasteiger partial charge in [0.15, 0.2) is 16.1 Å². The fraction of sp³-hybridized carbons (Fsp3) is 0. The first-order valence-corrected chi connectivity index (χ1v) is 38.4. The third kappa shape index (κ3) is 9.78. The normalized spacial score (nSPS) is 13.6. The fourth-order valence-electron chi connectivity index (χ4n) is 16.3. The van der Waals surface area contributed by atoms with Crippen molar-refractivity contribution in [3.63, 3.8) is 0 Å². The van der Waals surface area contributed by atoms with E-state index in [1.807, 2.05) is 72.8 Å². The Morgan fingerprint density at radius 1 is 0.196 bits per heavy atom. The first-order valence-electron chi connectivity index (χ1n) is 39.4. The second-order valence-corrected chi connectivity index (χ2v) is 33.6. The predicted molar refractivity (Wildman–Crippen MR) is 436 cm³/mol. The maximum atomic E-state index is 9.89. The highest BCUT2D eigenvalue weighted by Gasteiger charge is 2.44. The number of para-hydroxylation sites is 4. The standard InChI is InChI=1S/C96H68N4Si2/c1-9-31-69(32-10-1)71-35-29-49-81(63-71)101(77-41-17-5-18-42-77,78-43-19-6-20-44-78)83-57-61-91-87(67-83)85-51-25-27-53-89(85)99(91)75-55-59-93-95(65-75)97(73-37-13-3-14-38-73)94-60-56-76(66-96(94)98(93)74-39-15-4-16-40-74)100-90-54-28-26-52-86(90)88-68-84(58-62-92(88)100)102(79-45-21-7-22-46-79,80-47-23-8-24-48-80)82-50-30-36-72(64-82)70-33-11-2-12-34-70/h1-68H/i3D,4D,13D,14D,15D,16D,37D,38D,39D,40D. The van der Waals surface area contributed by atoms with Crippen LogP contribution in [-0.2, 0) is 0 Å². The second-order valence-electron chi connectivity index (χ2n) is 26.0. The average Bonchev–Trinajstić information content (AvgIpc) is 1.23. The summed E-state index contributed by atoms with van der Waals surface area (Å²) in [4.78, 5) is 3.39. The van der Waals surface area contributed by atoms with E-state index in [1.165, 1.54) is 31.1 Å². The van der Waals surface area contributed by atoms with Gasteiger partial charge in [-0.3, -0.25) is 0 Å². The molecule has 0 unspecified atom stereocenters. The molecule has 0 saturated carbocycles. The highest BCUT2D eigenvalue weighted by atomic mass is 28.3. The Labute approximate surface area is 610 Å². The van der Waals surface area contributed by atoms with Crippen LogP contribution in [0.1, 0.15) is 13.7 Å². The molecule has 0 bridgehead atoms. The minimum Gasteiger partial charge on any atom is -0.309 e. The van der Waals surface area contributed by atoms with Crippen molar-refractivity contribution in [2.45, 2.75) is 0 Å². The quantitative estimate of drug-likeness (QED) is 0.0797. The van der Waals surface area contributed by atoms with Crippen molar-refractivity contribution in [2.75, 3.05) is 9.80 Å². The molecule has 0 N–H and O–H groups in total. The lowest BCUT2D eigenvalue weighted by Gasteiger charge is -2.41. The molecular formula is C96H68N4Si2. The maximum Gasteiger partial charge on any atom is 0.179 e. The van der Waals surface area contributed by atoms with Crippen LogP contribution >= 0.6 is 0 Å². The molecular weight excluding hydrogens is 1270 g/mol. The summed E-state index contributed by atoms with van der Waals surface area (Å²) < 4.78 is 99.1. The van der Waals surface area contributed by atoms with E-state index in [4.69, 9.17) is 2.74 Å². The van der Waals surface area contributed by atoms with Crippen molar-refractivity contribution >= 4 is 135 Å². The molecule has 0 amide bonds. The van der Waals surface area contributed by atoms with Gasteiger partial charge in [-0.05, 0) is 149 Å². The summed E-state index contributed by atoms with van der Waals surface area (Å²) in [5.41, 5.74) is 10.2. The molecule has 0 aliphatic carbocycles. The molecule has 0 saturated heterocycles. The zero-order chi connectivity index (χ0) is 76.3. The molecule has 18 aromatic rings. The van der Waals surface area contributed by atoms with Crippen LogP contribution < -0.4 is 51.3 Å².